The summed E-state index contributed by atoms with van der Waals surface area (Å²) in [6.07, 6.45) is 4.96. The van der Waals surface area contributed by atoms with Gasteiger partial charge in [-0.25, -0.2) is 0 Å². The summed E-state index contributed by atoms with van der Waals surface area (Å²) in [6.45, 7) is 7.10. The highest BCUT2D eigenvalue weighted by molar-refractivity contribution is 5.21. The number of hydrogen-bond acceptors (Lipinski definition) is 3. The third kappa shape index (κ3) is 2.80. The number of pyridine rings is 1. The van der Waals surface area contributed by atoms with Gasteiger partial charge in [0.2, 0.25) is 0 Å². The molecule has 1 aromatic heterocycles. The highest BCUT2D eigenvalue weighted by Crippen LogP contribution is 2.17. The van der Waals surface area contributed by atoms with Crippen LogP contribution in [0.2, 0.25) is 0 Å². The quantitative estimate of drug-likeness (QED) is 0.841. The van der Waals surface area contributed by atoms with E-state index in [-0.39, 0.29) is 0 Å². The molecule has 1 fully saturated rings. The van der Waals surface area contributed by atoms with Crippen LogP contribution in [0.1, 0.15) is 24.5 Å². The van der Waals surface area contributed by atoms with E-state index in [9.17, 15) is 0 Å². The van der Waals surface area contributed by atoms with Crippen molar-refractivity contribution in [3.63, 3.8) is 0 Å². The van der Waals surface area contributed by atoms with Crippen LogP contribution >= 0.6 is 0 Å². The van der Waals surface area contributed by atoms with Crippen molar-refractivity contribution >= 4 is 0 Å². The van der Waals surface area contributed by atoms with E-state index in [1.807, 2.05) is 12.4 Å². The third-order valence-electron chi connectivity index (χ3n) is 3.42. The number of aryl methyl sites for hydroxylation is 1. The molecule has 88 valence electrons. The summed E-state index contributed by atoms with van der Waals surface area (Å²) in [7, 11) is 0. The van der Waals surface area contributed by atoms with E-state index in [0.29, 0.717) is 12.0 Å². The standard InChI is InChI=1S/C13H20N2O/c1-10-7-14-5-3-12(10)8-15-11(2)13-4-6-16-9-13/h3,5,7,11,13,15H,4,6,8-9H2,1-2H3. The lowest BCUT2D eigenvalue weighted by Gasteiger charge is -2.19. The molecule has 1 saturated heterocycles. The molecule has 1 aliphatic rings. The molecule has 1 aliphatic heterocycles. The predicted octanol–water partition coefficient (Wildman–Crippen LogP) is 1.90. The molecular weight excluding hydrogens is 200 g/mol. The Kier molecular flexibility index (Phi) is 3.91. The van der Waals surface area contributed by atoms with Crippen molar-refractivity contribution in [3.05, 3.63) is 29.6 Å². The summed E-state index contributed by atoms with van der Waals surface area (Å²) in [5.74, 6) is 0.669. The molecule has 3 nitrogen and oxygen atoms in total. The number of rotatable bonds is 4. The van der Waals surface area contributed by atoms with Crippen LogP contribution in [0.4, 0.5) is 0 Å². The summed E-state index contributed by atoms with van der Waals surface area (Å²) in [4.78, 5) is 4.10. The van der Waals surface area contributed by atoms with Gasteiger partial charge in [0.15, 0.2) is 0 Å². The molecule has 0 aromatic carbocycles. The minimum atomic E-state index is 0.523. The lowest BCUT2D eigenvalue weighted by atomic mass is 10.0. The van der Waals surface area contributed by atoms with Crippen molar-refractivity contribution in [2.45, 2.75) is 32.9 Å². The zero-order chi connectivity index (χ0) is 11.4. The Balaban J connectivity index is 1.84. The molecular formula is C13H20N2O. The fourth-order valence-corrected chi connectivity index (χ4v) is 2.09. The Hall–Kier alpha value is -0.930. The summed E-state index contributed by atoms with van der Waals surface area (Å²) < 4.78 is 5.40. The summed E-state index contributed by atoms with van der Waals surface area (Å²) in [5, 5.41) is 3.57. The van der Waals surface area contributed by atoms with Crippen molar-refractivity contribution < 1.29 is 4.74 Å². The lowest BCUT2D eigenvalue weighted by molar-refractivity contribution is 0.178. The van der Waals surface area contributed by atoms with Gasteiger partial charge >= 0.3 is 0 Å². The summed E-state index contributed by atoms with van der Waals surface area (Å²) in [5.41, 5.74) is 2.59. The van der Waals surface area contributed by atoms with Gasteiger partial charge < -0.3 is 10.1 Å². The molecule has 0 bridgehead atoms. The molecule has 0 radical (unpaired) electrons. The monoisotopic (exact) mass is 220 g/mol. The number of aromatic nitrogens is 1. The number of ether oxygens (including phenoxy) is 1. The lowest BCUT2D eigenvalue weighted by Crippen LogP contribution is -2.33. The maximum absolute atomic E-state index is 5.40. The smallest absolute Gasteiger partial charge is 0.0509 e. The van der Waals surface area contributed by atoms with Gasteiger partial charge in [-0.05, 0) is 43.4 Å². The van der Waals surface area contributed by atoms with Crippen LogP contribution in [0, 0.1) is 12.8 Å². The average molecular weight is 220 g/mol. The van der Waals surface area contributed by atoms with Crippen LogP contribution in [0.25, 0.3) is 0 Å². The zero-order valence-electron chi connectivity index (χ0n) is 10.1. The van der Waals surface area contributed by atoms with Crippen molar-refractivity contribution in [3.8, 4) is 0 Å². The van der Waals surface area contributed by atoms with Gasteiger partial charge in [-0.3, -0.25) is 4.98 Å². The van der Waals surface area contributed by atoms with Crippen LogP contribution < -0.4 is 5.32 Å². The predicted molar refractivity (Wildman–Crippen MR) is 64.2 cm³/mol. The molecule has 0 aliphatic carbocycles. The van der Waals surface area contributed by atoms with Gasteiger partial charge in [0.1, 0.15) is 0 Å². The van der Waals surface area contributed by atoms with Gasteiger partial charge in [0.25, 0.3) is 0 Å². The van der Waals surface area contributed by atoms with Crippen molar-refractivity contribution in [2.75, 3.05) is 13.2 Å². The molecule has 0 saturated carbocycles. The van der Waals surface area contributed by atoms with Gasteiger partial charge in [0.05, 0.1) is 6.61 Å². The van der Waals surface area contributed by atoms with Crippen LogP contribution in [0.15, 0.2) is 18.5 Å². The van der Waals surface area contributed by atoms with E-state index in [0.717, 1.165) is 19.8 Å². The van der Waals surface area contributed by atoms with Gasteiger partial charge in [-0.15, -0.1) is 0 Å². The van der Waals surface area contributed by atoms with E-state index in [2.05, 4.69) is 30.2 Å². The summed E-state index contributed by atoms with van der Waals surface area (Å²) in [6, 6.07) is 2.61. The molecule has 0 amide bonds. The minimum absolute atomic E-state index is 0.523. The normalized spacial score (nSPS) is 22.2. The molecule has 2 heterocycles. The number of nitrogens with zero attached hydrogens (tertiary/aromatic N) is 1. The first-order chi connectivity index (χ1) is 7.77. The Labute approximate surface area is 97.2 Å². The third-order valence-corrected chi connectivity index (χ3v) is 3.42. The largest absolute Gasteiger partial charge is 0.381 e. The molecule has 3 heteroatoms. The SMILES string of the molecule is Cc1cnccc1CNC(C)C1CCOC1. The van der Waals surface area contributed by atoms with Gasteiger partial charge in [-0.2, -0.15) is 0 Å². The van der Waals surface area contributed by atoms with E-state index in [4.69, 9.17) is 4.74 Å². The van der Waals surface area contributed by atoms with Crippen LogP contribution in [-0.4, -0.2) is 24.2 Å². The van der Waals surface area contributed by atoms with Gasteiger partial charge in [-0.1, -0.05) is 0 Å². The minimum Gasteiger partial charge on any atom is -0.381 e. The zero-order valence-corrected chi connectivity index (χ0v) is 10.1. The van der Waals surface area contributed by atoms with Crippen LogP contribution in [0.5, 0.6) is 0 Å². The fraction of sp³-hybridized carbons (Fsp3) is 0.615. The van der Waals surface area contributed by atoms with Crippen LogP contribution in [-0.2, 0) is 11.3 Å². The van der Waals surface area contributed by atoms with E-state index >= 15 is 0 Å². The number of hydrogen-bond donors (Lipinski definition) is 1. The second-order valence-electron chi connectivity index (χ2n) is 4.60. The first kappa shape index (κ1) is 11.6. The Morgan fingerprint density at radius 3 is 3.19 bits per heavy atom. The summed E-state index contributed by atoms with van der Waals surface area (Å²) >= 11 is 0. The Morgan fingerprint density at radius 2 is 2.50 bits per heavy atom. The van der Waals surface area contributed by atoms with E-state index in [1.165, 1.54) is 17.5 Å². The molecule has 0 spiro atoms. The van der Waals surface area contributed by atoms with E-state index in [1.54, 1.807) is 0 Å². The Bertz CT molecular complexity index is 334. The average Bonchev–Trinajstić information content (AvgIpc) is 2.81. The topological polar surface area (TPSA) is 34.2 Å². The second kappa shape index (κ2) is 5.41. The highest BCUT2D eigenvalue weighted by Gasteiger charge is 2.21. The molecule has 2 rings (SSSR count). The fourth-order valence-electron chi connectivity index (χ4n) is 2.09. The molecule has 1 N–H and O–H groups in total. The van der Waals surface area contributed by atoms with Crippen molar-refractivity contribution in [2.24, 2.45) is 5.92 Å². The molecule has 16 heavy (non-hydrogen) atoms. The number of nitrogens with one attached hydrogen (secondary N) is 1. The van der Waals surface area contributed by atoms with Crippen molar-refractivity contribution in [1.29, 1.82) is 0 Å². The highest BCUT2D eigenvalue weighted by atomic mass is 16.5. The maximum Gasteiger partial charge on any atom is 0.0509 e. The van der Waals surface area contributed by atoms with Gasteiger partial charge in [0, 0.05) is 31.6 Å². The second-order valence-corrected chi connectivity index (χ2v) is 4.60. The maximum atomic E-state index is 5.40. The molecule has 2 atom stereocenters. The Morgan fingerprint density at radius 1 is 1.62 bits per heavy atom. The van der Waals surface area contributed by atoms with Crippen molar-refractivity contribution in [1.82, 2.24) is 10.3 Å². The molecule has 1 aromatic rings. The first-order valence-electron chi connectivity index (χ1n) is 5.98. The van der Waals surface area contributed by atoms with Crippen LogP contribution in [0.3, 0.4) is 0 Å². The molecule has 2 unspecified atom stereocenters. The first-order valence-corrected chi connectivity index (χ1v) is 5.98. The van der Waals surface area contributed by atoms with E-state index < -0.39 is 0 Å².